The molecule has 0 aliphatic rings. The number of aromatic nitrogens is 4. The van der Waals surface area contributed by atoms with E-state index in [9.17, 15) is 0 Å². The molecule has 0 saturated carbocycles. The lowest BCUT2D eigenvalue weighted by Crippen LogP contribution is -2.03. The fourth-order valence-corrected chi connectivity index (χ4v) is 9.12. The summed E-state index contributed by atoms with van der Waals surface area (Å²) >= 11 is 0. The summed E-state index contributed by atoms with van der Waals surface area (Å²) in [5, 5.41) is 9.75. The van der Waals surface area contributed by atoms with Crippen molar-refractivity contribution in [2.75, 3.05) is 0 Å². The Bertz CT molecular complexity index is 3470. The smallest absolute Gasteiger partial charge is 0.162 e. The summed E-state index contributed by atoms with van der Waals surface area (Å²) in [7, 11) is 0. The molecule has 0 unspecified atom stereocenters. The van der Waals surface area contributed by atoms with Crippen molar-refractivity contribution >= 4 is 65.2 Å². The molecule has 0 aliphatic heterocycles. The van der Waals surface area contributed by atoms with E-state index in [1.54, 1.807) is 0 Å². The molecule has 3 heterocycles. The number of hydrogen-bond acceptors (Lipinski definition) is 2. The van der Waals surface area contributed by atoms with Gasteiger partial charge >= 0.3 is 0 Å². The summed E-state index contributed by atoms with van der Waals surface area (Å²) in [6, 6.07) is 73.9. The molecule has 0 amide bonds. The first-order valence-corrected chi connectivity index (χ1v) is 19.7. The minimum Gasteiger partial charge on any atom is -0.309 e. The van der Waals surface area contributed by atoms with Crippen LogP contribution < -0.4 is 0 Å². The molecule has 0 aliphatic carbocycles. The Hall–Kier alpha value is -7.82. The Morgan fingerprint density at radius 1 is 0.310 bits per heavy atom. The van der Waals surface area contributed by atoms with Gasteiger partial charge in [-0.2, -0.15) is 0 Å². The SMILES string of the molecule is c1ccc(-c2nc(-c3cc(-c4cc5ccccc5c5ccccc45)cc(-n4c5ccccc5c5ccccc54)c3)cc(-n3c4ccccc4c4ccccc43)n2)cc1. The monoisotopic (exact) mass is 738 g/mol. The molecule has 270 valence electrons. The number of para-hydroxylation sites is 4. The third-order valence-electron chi connectivity index (χ3n) is 11.7. The van der Waals surface area contributed by atoms with Gasteiger partial charge in [0.05, 0.1) is 27.8 Å². The van der Waals surface area contributed by atoms with Gasteiger partial charge in [0.25, 0.3) is 0 Å². The van der Waals surface area contributed by atoms with Crippen LogP contribution in [-0.2, 0) is 0 Å². The Balaban J connectivity index is 1.19. The zero-order valence-electron chi connectivity index (χ0n) is 31.4. The maximum Gasteiger partial charge on any atom is 0.162 e. The average molecular weight is 739 g/mol. The number of fused-ring (bicyclic) bond motifs is 9. The van der Waals surface area contributed by atoms with Gasteiger partial charge < -0.3 is 4.57 Å². The van der Waals surface area contributed by atoms with Crippen molar-refractivity contribution in [2.45, 2.75) is 0 Å². The summed E-state index contributed by atoms with van der Waals surface area (Å²) in [5.74, 6) is 1.50. The molecule has 0 fully saturated rings. The first kappa shape index (κ1) is 32.4. The Morgan fingerprint density at radius 3 is 1.41 bits per heavy atom. The van der Waals surface area contributed by atoms with Crippen molar-refractivity contribution in [2.24, 2.45) is 0 Å². The van der Waals surface area contributed by atoms with Gasteiger partial charge in [0.2, 0.25) is 0 Å². The van der Waals surface area contributed by atoms with Crippen molar-refractivity contribution in [3.05, 3.63) is 206 Å². The van der Waals surface area contributed by atoms with Gasteiger partial charge in [0.15, 0.2) is 5.82 Å². The van der Waals surface area contributed by atoms with E-state index >= 15 is 0 Å². The molecular weight excluding hydrogens is 705 g/mol. The van der Waals surface area contributed by atoms with Crippen molar-refractivity contribution in [3.63, 3.8) is 0 Å². The second-order valence-corrected chi connectivity index (χ2v) is 15.0. The standard InChI is InChI=1S/C54H34N4/c1-2-16-35(17-3-1)54-55-48(34-53(56-54)58-51-28-14-10-24-45(51)46-25-11-15-29-52(46)58)38-30-37(47-33-36-18-4-5-19-40(36)41-20-6-7-21-42(41)47)31-39(32-38)57-49-26-12-8-22-43(49)44-23-9-13-27-50(44)57/h1-34H. The molecule has 0 bridgehead atoms. The molecule has 9 aromatic carbocycles. The van der Waals surface area contributed by atoms with E-state index in [1.165, 1.54) is 48.7 Å². The minimum absolute atomic E-state index is 0.676. The van der Waals surface area contributed by atoms with E-state index in [2.05, 4.69) is 209 Å². The molecule has 0 spiro atoms. The van der Waals surface area contributed by atoms with E-state index < -0.39 is 0 Å². The van der Waals surface area contributed by atoms with Crippen molar-refractivity contribution in [1.82, 2.24) is 19.1 Å². The summed E-state index contributed by atoms with van der Waals surface area (Å²) in [6.45, 7) is 0. The van der Waals surface area contributed by atoms with Crippen LogP contribution in [0.5, 0.6) is 0 Å². The van der Waals surface area contributed by atoms with Gasteiger partial charge in [-0.15, -0.1) is 0 Å². The van der Waals surface area contributed by atoms with Gasteiger partial charge in [0, 0.05) is 44.4 Å². The van der Waals surface area contributed by atoms with E-state index in [-0.39, 0.29) is 0 Å². The Morgan fingerprint density at radius 2 is 0.793 bits per heavy atom. The average Bonchev–Trinajstić information content (AvgIpc) is 3.82. The zero-order valence-corrected chi connectivity index (χ0v) is 31.4. The van der Waals surface area contributed by atoms with Crippen LogP contribution in [0.3, 0.4) is 0 Å². The maximum atomic E-state index is 5.40. The molecule has 4 nitrogen and oxygen atoms in total. The third-order valence-corrected chi connectivity index (χ3v) is 11.7. The van der Waals surface area contributed by atoms with Gasteiger partial charge in [-0.05, 0) is 81.2 Å². The lowest BCUT2D eigenvalue weighted by molar-refractivity contribution is 1.05. The van der Waals surface area contributed by atoms with Crippen LogP contribution in [0.1, 0.15) is 0 Å². The van der Waals surface area contributed by atoms with Crippen LogP contribution in [0, 0.1) is 0 Å². The zero-order chi connectivity index (χ0) is 38.2. The first-order chi connectivity index (χ1) is 28.8. The van der Waals surface area contributed by atoms with Crippen LogP contribution in [0.25, 0.3) is 110 Å². The fraction of sp³-hybridized carbons (Fsp3) is 0. The summed E-state index contributed by atoms with van der Waals surface area (Å²) in [5.41, 5.74) is 10.7. The molecule has 0 N–H and O–H groups in total. The van der Waals surface area contributed by atoms with E-state index in [4.69, 9.17) is 9.97 Å². The third kappa shape index (κ3) is 5.02. The Labute approximate surface area is 334 Å². The highest BCUT2D eigenvalue weighted by Gasteiger charge is 2.20. The predicted octanol–water partition coefficient (Wildman–Crippen LogP) is 14.0. The molecule has 58 heavy (non-hydrogen) atoms. The lowest BCUT2D eigenvalue weighted by Gasteiger charge is -2.17. The summed E-state index contributed by atoms with van der Waals surface area (Å²) in [4.78, 5) is 10.7. The molecule has 12 aromatic rings. The van der Waals surface area contributed by atoms with E-state index in [1.807, 2.05) is 6.07 Å². The first-order valence-electron chi connectivity index (χ1n) is 19.7. The second-order valence-electron chi connectivity index (χ2n) is 15.0. The van der Waals surface area contributed by atoms with Crippen LogP contribution in [0.15, 0.2) is 206 Å². The number of hydrogen-bond donors (Lipinski definition) is 0. The maximum absolute atomic E-state index is 5.40. The van der Waals surface area contributed by atoms with Crippen molar-refractivity contribution < 1.29 is 0 Å². The fourth-order valence-electron chi connectivity index (χ4n) is 9.12. The minimum atomic E-state index is 0.676. The topological polar surface area (TPSA) is 35.6 Å². The van der Waals surface area contributed by atoms with Gasteiger partial charge in [-0.25, -0.2) is 9.97 Å². The van der Waals surface area contributed by atoms with Crippen LogP contribution >= 0.6 is 0 Å². The molecule has 0 radical (unpaired) electrons. The number of nitrogens with zero attached hydrogens (tertiary/aromatic N) is 4. The molecule has 12 rings (SSSR count). The molecular formula is C54H34N4. The van der Waals surface area contributed by atoms with Gasteiger partial charge in [0.1, 0.15) is 5.82 Å². The quantitative estimate of drug-likeness (QED) is 0.165. The van der Waals surface area contributed by atoms with Gasteiger partial charge in [-0.1, -0.05) is 152 Å². The van der Waals surface area contributed by atoms with E-state index in [0.717, 1.165) is 56.0 Å². The van der Waals surface area contributed by atoms with Crippen LogP contribution in [0.4, 0.5) is 0 Å². The molecule has 3 aromatic heterocycles. The second kappa shape index (κ2) is 12.9. The summed E-state index contributed by atoms with van der Waals surface area (Å²) in [6.07, 6.45) is 0. The molecule has 4 heteroatoms. The Kier molecular flexibility index (Phi) is 7.20. The van der Waals surface area contributed by atoms with E-state index in [0.29, 0.717) is 5.82 Å². The molecule has 0 saturated heterocycles. The van der Waals surface area contributed by atoms with Crippen LogP contribution in [0.2, 0.25) is 0 Å². The normalized spacial score (nSPS) is 11.8. The largest absolute Gasteiger partial charge is 0.309 e. The highest BCUT2D eigenvalue weighted by Crippen LogP contribution is 2.41. The predicted molar refractivity (Wildman–Crippen MR) is 242 cm³/mol. The summed E-state index contributed by atoms with van der Waals surface area (Å²) < 4.78 is 4.70. The highest BCUT2D eigenvalue weighted by molar-refractivity contribution is 6.14. The lowest BCUT2D eigenvalue weighted by atomic mass is 9.92. The highest BCUT2D eigenvalue weighted by atomic mass is 15.1. The molecule has 0 atom stereocenters. The van der Waals surface area contributed by atoms with Crippen molar-refractivity contribution in [3.8, 4) is 45.3 Å². The van der Waals surface area contributed by atoms with Crippen LogP contribution in [-0.4, -0.2) is 19.1 Å². The van der Waals surface area contributed by atoms with Gasteiger partial charge in [-0.3, -0.25) is 4.57 Å². The number of rotatable bonds is 5. The number of benzene rings is 9. The van der Waals surface area contributed by atoms with Crippen molar-refractivity contribution in [1.29, 1.82) is 0 Å².